The molecule has 0 amide bonds. The van der Waals surface area contributed by atoms with E-state index in [1.54, 1.807) is 0 Å². The fourth-order valence-electron chi connectivity index (χ4n) is 3.46. The fourth-order valence-corrected chi connectivity index (χ4v) is 3.46. The Hall–Kier alpha value is -1.96. The zero-order valence-corrected chi connectivity index (χ0v) is 16.4. The van der Waals surface area contributed by atoms with E-state index >= 15 is 0 Å². The number of carboxylic acid groups (broad SMARTS) is 1. The Morgan fingerprint density at radius 2 is 2.07 bits per heavy atom. The number of aromatic nitrogens is 2. The van der Waals surface area contributed by atoms with E-state index in [9.17, 15) is 4.79 Å². The Bertz CT molecular complexity index is 710. The summed E-state index contributed by atoms with van der Waals surface area (Å²) in [6, 6.07) is 10.2. The molecule has 7 nitrogen and oxygen atoms in total. The summed E-state index contributed by atoms with van der Waals surface area (Å²) in [5.74, 6) is 0.527. The lowest BCUT2D eigenvalue weighted by Crippen LogP contribution is -2.36. The monoisotopic (exact) mass is 394 g/mol. The molecule has 0 bridgehead atoms. The third-order valence-electron chi connectivity index (χ3n) is 4.94. The van der Waals surface area contributed by atoms with Gasteiger partial charge in [0, 0.05) is 24.6 Å². The summed E-state index contributed by atoms with van der Waals surface area (Å²) in [5.41, 5.74) is 0.960. The highest BCUT2D eigenvalue weighted by Gasteiger charge is 2.22. The number of aliphatic carboxylic acids is 1. The first-order valence-electron chi connectivity index (χ1n) is 9.14. The average Bonchev–Trinajstić information content (AvgIpc) is 2.98. The van der Waals surface area contributed by atoms with Crippen molar-refractivity contribution < 1.29 is 14.4 Å². The van der Waals surface area contributed by atoms with Crippen LogP contribution in [0.15, 0.2) is 34.9 Å². The number of carbonyl (C=O) groups is 1. The SMILES string of the molecule is CN(CC(=O)O)C1CCCN(CCc2nc(-c3ccccc3)no2)CC1.Cl. The number of rotatable bonds is 7. The molecule has 1 saturated heterocycles. The Balaban J connectivity index is 0.00000261. The lowest BCUT2D eigenvalue weighted by molar-refractivity contribution is -0.138. The number of hydrogen-bond donors (Lipinski definition) is 1. The summed E-state index contributed by atoms with van der Waals surface area (Å²) in [7, 11) is 1.90. The molecular weight excluding hydrogens is 368 g/mol. The van der Waals surface area contributed by atoms with Gasteiger partial charge in [-0.25, -0.2) is 0 Å². The van der Waals surface area contributed by atoms with Gasteiger partial charge in [-0.05, 0) is 39.4 Å². The van der Waals surface area contributed by atoms with E-state index in [1.165, 1.54) is 0 Å². The third kappa shape index (κ3) is 6.30. The van der Waals surface area contributed by atoms with Gasteiger partial charge in [-0.1, -0.05) is 35.5 Å². The van der Waals surface area contributed by atoms with Crippen LogP contribution in [0.4, 0.5) is 0 Å². The number of likely N-dealkylation sites (tertiary alicyclic amines) is 1. The van der Waals surface area contributed by atoms with Gasteiger partial charge >= 0.3 is 5.97 Å². The molecule has 1 fully saturated rings. The second-order valence-electron chi connectivity index (χ2n) is 6.86. The van der Waals surface area contributed by atoms with E-state index in [2.05, 4.69) is 15.0 Å². The lowest BCUT2D eigenvalue weighted by atomic mass is 10.1. The molecule has 1 aliphatic rings. The Labute approximate surface area is 165 Å². The van der Waals surface area contributed by atoms with Gasteiger partial charge in [-0.3, -0.25) is 9.69 Å². The van der Waals surface area contributed by atoms with Crippen LogP contribution in [0.25, 0.3) is 11.4 Å². The second-order valence-corrected chi connectivity index (χ2v) is 6.86. The van der Waals surface area contributed by atoms with Crippen molar-refractivity contribution in [3.05, 3.63) is 36.2 Å². The highest BCUT2D eigenvalue weighted by atomic mass is 35.5. The summed E-state index contributed by atoms with van der Waals surface area (Å²) in [6.45, 7) is 2.98. The standard InChI is InChI=1S/C19H26N4O3.ClH/c1-22(14-18(24)25)16-8-5-11-23(12-9-16)13-10-17-20-19(21-26-17)15-6-3-2-4-7-15;/h2-4,6-7,16H,5,8-14H2,1H3,(H,24,25);1H. The van der Waals surface area contributed by atoms with Gasteiger partial charge in [0.05, 0.1) is 6.54 Å². The zero-order valence-electron chi connectivity index (χ0n) is 15.6. The molecule has 148 valence electrons. The Morgan fingerprint density at radius 1 is 1.30 bits per heavy atom. The molecular formula is C19H27ClN4O3. The minimum Gasteiger partial charge on any atom is -0.480 e. The van der Waals surface area contributed by atoms with Crippen LogP contribution in [-0.4, -0.2) is 70.3 Å². The average molecular weight is 395 g/mol. The van der Waals surface area contributed by atoms with E-state index in [-0.39, 0.29) is 19.0 Å². The number of carboxylic acids is 1. The van der Waals surface area contributed by atoms with Crippen LogP contribution in [0.1, 0.15) is 25.2 Å². The predicted octanol–water partition coefficient (Wildman–Crippen LogP) is 2.57. The molecule has 0 spiro atoms. The van der Waals surface area contributed by atoms with E-state index in [0.717, 1.165) is 50.9 Å². The summed E-state index contributed by atoms with van der Waals surface area (Å²) in [6.07, 6.45) is 3.84. The van der Waals surface area contributed by atoms with Crippen molar-refractivity contribution >= 4 is 18.4 Å². The van der Waals surface area contributed by atoms with Crippen molar-refractivity contribution in [2.45, 2.75) is 31.7 Å². The topological polar surface area (TPSA) is 82.7 Å². The minimum atomic E-state index is -0.765. The Kier molecular flexibility index (Phi) is 8.22. The maximum Gasteiger partial charge on any atom is 0.317 e. The van der Waals surface area contributed by atoms with Gasteiger partial charge in [0.1, 0.15) is 0 Å². The van der Waals surface area contributed by atoms with Crippen molar-refractivity contribution in [1.82, 2.24) is 19.9 Å². The quantitative estimate of drug-likeness (QED) is 0.772. The predicted molar refractivity (Wildman–Crippen MR) is 105 cm³/mol. The van der Waals surface area contributed by atoms with E-state index in [4.69, 9.17) is 9.63 Å². The summed E-state index contributed by atoms with van der Waals surface area (Å²) in [4.78, 5) is 19.7. The maximum absolute atomic E-state index is 10.9. The molecule has 1 aromatic heterocycles. The van der Waals surface area contributed by atoms with Crippen molar-refractivity contribution in [3.8, 4) is 11.4 Å². The Morgan fingerprint density at radius 3 is 2.81 bits per heavy atom. The second kappa shape index (κ2) is 10.4. The largest absolute Gasteiger partial charge is 0.480 e. The van der Waals surface area contributed by atoms with E-state index < -0.39 is 5.97 Å². The number of nitrogens with zero attached hydrogens (tertiary/aromatic N) is 4. The van der Waals surface area contributed by atoms with Crippen molar-refractivity contribution in [2.75, 3.05) is 33.2 Å². The van der Waals surface area contributed by atoms with Crippen molar-refractivity contribution in [2.24, 2.45) is 0 Å². The lowest BCUT2D eigenvalue weighted by Gasteiger charge is -2.25. The summed E-state index contributed by atoms with van der Waals surface area (Å²) < 4.78 is 5.38. The number of benzene rings is 1. The molecule has 1 N–H and O–H groups in total. The molecule has 1 aromatic carbocycles. The normalized spacial score (nSPS) is 18.1. The molecule has 1 aliphatic heterocycles. The first-order chi connectivity index (χ1) is 12.6. The molecule has 8 heteroatoms. The molecule has 2 aromatic rings. The fraction of sp³-hybridized carbons (Fsp3) is 0.526. The molecule has 27 heavy (non-hydrogen) atoms. The van der Waals surface area contributed by atoms with Crippen LogP contribution in [0.2, 0.25) is 0 Å². The van der Waals surface area contributed by atoms with Crippen LogP contribution < -0.4 is 0 Å². The van der Waals surface area contributed by atoms with Gasteiger partial charge < -0.3 is 14.5 Å². The third-order valence-corrected chi connectivity index (χ3v) is 4.94. The van der Waals surface area contributed by atoms with Crippen molar-refractivity contribution in [3.63, 3.8) is 0 Å². The molecule has 0 radical (unpaired) electrons. The highest BCUT2D eigenvalue weighted by Crippen LogP contribution is 2.17. The molecule has 3 rings (SSSR count). The van der Waals surface area contributed by atoms with Crippen LogP contribution in [0, 0.1) is 0 Å². The number of hydrogen-bond acceptors (Lipinski definition) is 6. The molecule has 1 atom stereocenters. The molecule has 0 aliphatic carbocycles. The first kappa shape index (κ1) is 21.3. The summed E-state index contributed by atoms with van der Waals surface area (Å²) in [5, 5.41) is 13.0. The van der Waals surface area contributed by atoms with Gasteiger partial charge in [0.2, 0.25) is 11.7 Å². The molecule has 1 unspecified atom stereocenters. The first-order valence-corrected chi connectivity index (χ1v) is 9.14. The highest BCUT2D eigenvalue weighted by molar-refractivity contribution is 5.85. The number of halogens is 1. The maximum atomic E-state index is 10.9. The summed E-state index contributed by atoms with van der Waals surface area (Å²) >= 11 is 0. The zero-order chi connectivity index (χ0) is 18.4. The molecule has 2 heterocycles. The van der Waals surface area contributed by atoms with E-state index in [1.807, 2.05) is 42.3 Å². The van der Waals surface area contributed by atoms with E-state index in [0.29, 0.717) is 17.8 Å². The van der Waals surface area contributed by atoms with Gasteiger partial charge in [-0.15, -0.1) is 12.4 Å². The van der Waals surface area contributed by atoms with Gasteiger partial charge in [0.15, 0.2) is 0 Å². The number of likely N-dealkylation sites (N-methyl/N-ethyl adjacent to an activating group) is 1. The van der Waals surface area contributed by atoms with Crippen LogP contribution in [0.5, 0.6) is 0 Å². The van der Waals surface area contributed by atoms with Crippen LogP contribution in [-0.2, 0) is 11.2 Å². The van der Waals surface area contributed by atoms with Crippen LogP contribution in [0.3, 0.4) is 0 Å². The molecule has 0 saturated carbocycles. The smallest absolute Gasteiger partial charge is 0.317 e. The van der Waals surface area contributed by atoms with Gasteiger partial charge in [-0.2, -0.15) is 4.98 Å². The van der Waals surface area contributed by atoms with Crippen molar-refractivity contribution in [1.29, 1.82) is 0 Å². The van der Waals surface area contributed by atoms with Gasteiger partial charge in [0.25, 0.3) is 0 Å². The minimum absolute atomic E-state index is 0. The van der Waals surface area contributed by atoms with Crippen LogP contribution >= 0.6 is 12.4 Å².